The van der Waals surface area contributed by atoms with Crippen LogP contribution in [0.15, 0.2) is 29.5 Å². The number of rotatable bonds is 4. The summed E-state index contributed by atoms with van der Waals surface area (Å²) in [5, 5.41) is 5.29. The third-order valence-electron chi connectivity index (χ3n) is 1.99. The van der Waals surface area contributed by atoms with Crippen LogP contribution in [-0.2, 0) is 6.42 Å². The lowest BCUT2D eigenvalue weighted by Crippen LogP contribution is -2.17. The predicted molar refractivity (Wildman–Crippen MR) is 60.1 cm³/mol. The van der Waals surface area contributed by atoms with E-state index in [-0.39, 0.29) is 5.41 Å². The first-order valence-electron chi connectivity index (χ1n) is 3.91. The number of allylic oxidation sites excluding steroid dienone is 1. The Labute approximate surface area is 86.4 Å². The summed E-state index contributed by atoms with van der Waals surface area (Å²) in [4.78, 5) is 0. The molecule has 0 aliphatic carbocycles. The van der Waals surface area contributed by atoms with Crippen LogP contribution in [0.1, 0.15) is 12.5 Å². The summed E-state index contributed by atoms with van der Waals surface area (Å²) in [6, 6.07) is 2.18. The summed E-state index contributed by atoms with van der Waals surface area (Å²) in [5.41, 5.74) is 1.60. The second-order valence-corrected chi connectivity index (χ2v) is 4.64. The molecule has 0 fully saturated rings. The maximum Gasteiger partial charge on any atom is 0.0123 e. The van der Waals surface area contributed by atoms with Crippen LogP contribution in [-0.4, -0.2) is 5.33 Å². The molecule has 2 heteroatoms. The van der Waals surface area contributed by atoms with Gasteiger partial charge in [0.1, 0.15) is 0 Å². The Bertz CT molecular complexity index is 240. The van der Waals surface area contributed by atoms with E-state index in [0.29, 0.717) is 0 Å². The molecular weight excluding hydrogens is 232 g/mol. The summed E-state index contributed by atoms with van der Waals surface area (Å²) in [5.74, 6) is 0. The number of thiophene rings is 1. The summed E-state index contributed by atoms with van der Waals surface area (Å²) >= 11 is 5.26. The van der Waals surface area contributed by atoms with Gasteiger partial charge >= 0.3 is 0 Å². The minimum absolute atomic E-state index is 0.196. The zero-order valence-corrected chi connectivity index (χ0v) is 9.62. The Kier molecular flexibility index (Phi) is 3.53. The average molecular weight is 245 g/mol. The molecule has 0 N–H and O–H groups in total. The maximum atomic E-state index is 3.86. The van der Waals surface area contributed by atoms with Crippen molar-refractivity contribution in [3.63, 3.8) is 0 Å². The topological polar surface area (TPSA) is 0 Å². The van der Waals surface area contributed by atoms with Gasteiger partial charge in [0.05, 0.1) is 0 Å². The van der Waals surface area contributed by atoms with Crippen molar-refractivity contribution in [1.82, 2.24) is 0 Å². The van der Waals surface area contributed by atoms with Crippen molar-refractivity contribution in [2.24, 2.45) is 5.41 Å². The molecule has 12 heavy (non-hydrogen) atoms. The first-order chi connectivity index (χ1) is 5.70. The summed E-state index contributed by atoms with van der Waals surface area (Å²) < 4.78 is 0. The zero-order chi connectivity index (χ0) is 9.03. The molecule has 1 aromatic rings. The first-order valence-corrected chi connectivity index (χ1v) is 5.97. The molecule has 0 aliphatic rings. The van der Waals surface area contributed by atoms with Crippen LogP contribution in [0.3, 0.4) is 0 Å². The lowest BCUT2D eigenvalue weighted by Gasteiger charge is -2.21. The second-order valence-electron chi connectivity index (χ2n) is 3.30. The van der Waals surface area contributed by atoms with Crippen LogP contribution in [0.4, 0.5) is 0 Å². The SMILES string of the molecule is C=CC(C)(CBr)Cc1ccsc1. The van der Waals surface area contributed by atoms with Gasteiger partial charge in [-0.25, -0.2) is 0 Å². The molecule has 1 atom stereocenters. The molecule has 1 unspecified atom stereocenters. The second kappa shape index (κ2) is 4.24. The van der Waals surface area contributed by atoms with Gasteiger partial charge in [-0.15, -0.1) is 6.58 Å². The molecule has 0 amide bonds. The van der Waals surface area contributed by atoms with Crippen molar-refractivity contribution in [2.45, 2.75) is 13.3 Å². The quantitative estimate of drug-likeness (QED) is 0.557. The average Bonchev–Trinajstić information content (AvgIpc) is 2.57. The molecule has 0 saturated carbocycles. The third kappa shape index (κ3) is 2.46. The molecule has 0 nitrogen and oxygen atoms in total. The molecule has 0 aliphatic heterocycles. The van der Waals surface area contributed by atoms with E-state index in [1.54, 1.807) is 11.3 Å². The molecule has 0 radical (unpaired) electrons. The number of alkyl halides is 1. The van der Waals surface area contributed by atoms with Gasteiger partial charge < -0.3 is 0 Å². The van der Waals surface area contributed by atoms with Crippen molar-refractivity contribution >= 4 is 27.3 Å². The Hall–Kier alpha value is -0.0800. The molecule has 1 aromatic heterocycles. The smallest absolute Gasteiger partial charge is 0.0123 e. The van der Waals surface area contributed by atoms with Gasteiger partial charge in [-0.05, 0) is 34.2 Å². The molecule has 1 rings (SSSR count). The highest BCUT2D eigenvalue weighted by Gasteiger charge is 2.18. The Morgan fingerprint density at radius 3 is 2.92 bits per heavy atom. The normalized spacial score (nSPS) is 15.5. The van der Waals surface area contributed by atoms with Crippen molar-refractivity contribution in [3.05, 3.63) is 35.0 Å². The fourth-order valence-corrected chi connectivity index (χ4v) is 2.13. The Balaban J connectivity index is 2.66. The number of hydrogen-bond acceptors (Lipinski definition) is 1. The van der Waals surface area contributed by atoms with E-state index in [1.807, 2.05) is 6.08 Å². The molecule has 1 heterocycles. The first kappa shape index (κ1) is 10.0. The standard InChI is InChI=1S/C10H13BrS/c1-3-10(2,8-11)6-9-4-5-12-7-9/h3-5,7H,1,6,8H2,2H3. The number of halogens is 1. The van der Waals surface area contributed by atoms with Gasteiger partial charge in [0.15, 0.2) is 0 Å². The maximum absolute atomic E-state index is 3.86. The minimum Gasteiger partial charge on any atom is -0.152 e. The van der Waals surface area contributed by atoms with E-state index in [2.05, 4.69) is 46.3 Å². The van der Waals surface area contributed by atoms with Crippen LogP contribution in [0.25, 0.3) is 0 Å². The summed E-state index contributed by atoms with van der Waals surface area (Å²) in [7, 11) is 0. The Morgan fingerprint density at radius 2 is 2.50 bits per heavy atom. The lowest BCUT2D eigenvalue weighted by molar-refractivity contribution is 0.494. The molecular formula is C10H13BrS. The van der Waals surface area contributed by atoms with Crippen LogP contribution in [0, 0.1) is 5.41 Å². The molecule has 0 saturated heterocycles. The van der Waals surface area contributed by atoms with Crippen LogP contribution in [0.2, 0.25) is 0 Å². The highest BCUT2D eigenvalue weighted by atomic mass is 79.9. The van der Waals surface area contributed by atoms with E-state index in [4.69, 9.17) is 0 Å². The minimum atomic E-state index is 0.196. The van der Waals surface area contributed by atoms with E-state index in [9.17, 15) is 0 Å². The monoisotopic (exact) mass is 244 g/mol. The van der Waals surface area contributed by atoms with E-state index in [1.165, 1.54) is 5.56 Å². The third-order valence-corrected chi connectivity index (χ3v) is 4.00. The van der Waals surface area contributed by atoms with Crippen molar-refractivity contribution < 1.29 is 0 Å². The van der Waals surface area contributed by atoms with Gasteiger partial charge in [0.25, 0.3) is 0 Å². The van der Waals surface area contributed by atoms with Crippen molar-refractivity contribution in [3.8, 4) is 0 Å². The largest absolute Gasteiger partial charge is 0.152 e. The van der Waals surface area contributed by atoms with Gasteiger partial charge in [-0.3, -0.25) is 0 Å². The highest BCUT2D eigenvalue weighted by Crippen LogP contribution is 2.26. The highest BCUT2D eigenvalue weighted by molar-refractivity contribution is 9.09. The van der Waals surface area contributed by atoms with Gasteiger partial charge in [-0.1, -0.05) is 28.9 Å². The predicted octanol–water partition coefficient (Wildman–Crippen LogP) is 3.88. The summed E-state index contributed by atoms with van der Waals surface area (Å²) in [6.07, 6.45) is 3.10. The van der Waals surface area contributed by atoms with Gasteiger partial charge in [0, 0.05) is 5.33 Å². The van der Waals surface area contributed by atoms with Crippen molar-refractivity contribution in [2.75, 3.05) is 5.33 Å². The fourth-order valence-electron chi connectivity index (χ4n) is 1.03. The fraction of sp³-hybridized carbons (Fsp3) is 0.400. The van der Waals surface area contributed by atoms with Gasteiger partial charge in [-0.2, -0.15) is 11.3 Å². The van der Waals surface area contributed by atoms with Crippen LogP contribution in [0.5, 0.6) is 0 Å². The van der Waals surface area contributed by atoms with Crippen molar-refractivity contribution in [1.29, 1.82) is 0 Å². The molecule has 0 spiro atoms. The van der Waals surface area contributed by atoms with E-state index >= 15 is 0 Å². The number of hydrogen-bond donors (Lipinski definition) is 0. The summed E-state index contributed by atoms with van der Waals surface area (Å²) in [6.45, 7) is 6.07. The van der Waals surface area contributed by atoms with E-state index in [0.717, 1.165) is 11.8 Å². The van der Waals surface area contributed by atoms with Gasteiger partial charge in [0.2, 0.25) is 0 Å². The van der Waals surface area contributed by atoms with Crippen LogP contribution < -0.4 is 0 Å². The molecule has 66 valence electrons. The Morgan fingerprint density at radius 1 is 1.75 bits per heavy atom. The lowest BCUT2D eigenvalue weighted by atomic mass is 9.87. The zero-order valence-electron chi connectivity index (χ0n) is 7.22. The van der Waals surface area contributed by atoms with E-state index < -0.39 is 0 Å². The molecule has 0 aromatic carbocycles. The molecule has 0 bridgehead atoms. The van der Waals surface area contributed by atoms with Crippen LogP contribution >= 0.6 is 27.3 Å².